The molecule has 12 nitrogen and oxygen atoms in total. The van der Waals surface area contributed by atoms with Gasteiger partial charge in [0.15, 0.2) is 11.2 Å². The standard InChI is InChI=1S/C20H26N6O3.C6H5NO2/c1-22-18-17(19(27)23(2)20(22)28)26(14-21-18)13-10-24-8-11-25(12-9-24)15-6-4-5-7-16(15)29-3;8-6(9)5-2-1-3-7-4-5/h4-7,14H,8-13H2,1-3H3;1-4H,(H,8,9). The normalized spacial score (nSPS) is 13.7. The van der Waals surface area contributed by atoms with E-state index in [0.29, 0.717) is 17.7 Å². The van der Waals surface area contributed by atoms with Gasteiger partial charge in [0.2, 0.25) is 0 Å². The number of carboxylic acids is 1. The molecule has 0 unspecified atom stereocenters. The summed E-state index contributed by atoms with van der Waals surface area (Å²) in [4.78, 5) is 47.4. The highest BCUT2D eigenvalue weighted by Gasteiger charge is 2.20. The van der Waals surface area contributed by atoms with Crippen LogP contribution in [0.2, 0.25) is 0 Å². The molecule has 0 bridgehead atoms. The highest BCUT2D eigenvalue weighted by molar-refractivity contribution is 5.86. The third kappa shape index (κ3) is 5.59. The highest BCUT2D eigenvalue weighted by atomic mass is 16.5. The number of methoxy groups -OCH3 is 1. The summed E-state index contributed by atoms with van der Waals surface area (Å²) in [5.41, 5.74) is 1.58. The van der Waals surface area contributed by atoms with Crippen molar-refractivity contribution in [2.45, 2.75) is 6.54 Å². The molecule has 1 aliphatic heterocycles. The van der Waals surface area contributed by atoms with Crippen molar-refractivity contribution in [3.63, 3.8) is 0 Å². The van der Waals surface area contributed by atoms with Gasteiger partial charge in [-0.3, -0.25) is 23.8 Å². The summed E-state index contributed by atoms with van der Waals surface area (Å²) in [5.74, 6) is -0.0459. The predicted octanol–water partition coefficient (Wildman–Crippen LogP) is 1.04. The van der Waals surface area contributed by atoms with Crippen LogP contribution in [0, 0.1) is 0 Å². The number of hydrogen-bond acceptors (Lipinski definition) is 8. The number of nitrogens with zero attached hydrogens (tertiary/aromatic N) is 7. The third-order valence-electron chi connectivity index (χ3n) is 6.58. The molecule has 4 heterocycles. The van der Waals surface area contributed by atoms with Crippen molar-refractivity contribution < 1.29 is 14.6 Å². The number of aromatic carboxylic acids is 1. The van der Waals surface area contributed by atoms with E-state index in [1.54, 1.807) is 26.6 Å². The average molecular weight is 522 g/mol. The molecular formula is C26H31N7O5. The number of piperazine rings is 1. The molecule has 3 aromatic heterocycles. The lowest BCUT2D eigenvalue weighted by molar-refractivity contribution is 0.0696. The molecule has 1 aliphatic rings. The first-order valence-electron chi connectivity index (χ1n) is 12.2. The summed E-state index contributed by atoms with van der Waals surface area (Å²) >= 11 is 0. The maximum atomic E-state index is 12.6. The fraction of sp³-hybridized carbons (Fsp3) is 0.346. The Bertz CT molecular complexity index is 1520. The van der Waals surface area contributed by atoms with Crippen LogP contribution in [-0.4, -0.2) is 79.5 Å². The number of para-hydroxylation sites is 2. The predicted molar refractivity (Wildman–Crippen MR) is 143 cm³/mol. The maximum absolute atomic E-state index is 12.6. The number of fused-ring (bicyclic) bond motifs is 1. The Hall–Kier alpha value is -4.45. The largest absolute Gasteiger partial charge is 0.495 e. The van der Waals surface area contributed by atoms with E-state index in [1.807, 2.05) is 22.8 Å². The average Bonchev–Trinajstić information content (AvgIpc) is 3.39. The summed E-state index contributed by atoms with van der Waals surface area (Å²) in [6.07, 6.45) is 4.49. The van der Waals surface area contributed by atoms with Crippen LogP contribution in [0.3, 0.4) is 0 Å². The van der Waals surface area contributed by atoms with Crippen LogP contribution in [0.25, 0.3) is 11.2 Å². The number of ether oxygens (including phenoxy) is 1. The van der Waals surface area contributed by atoms with E-state index >= 15 is 0 Å². The SMILES string of the molecule is COc1ccccc1N1CCN(CCn2cnc3c2c(=O)n(C)c(=O)n3C)CC1.O=C(O)c1cccnc1. The Kier molecular flexibility index (Phi) is 8.22. The summed E-state index contributed by atoms with van der Waals surface area (Å²) in [6, 6.07) is 11.2. The molecular weight excluding hydrogens is 490 g/mol. The molecule has 1 N–H and O–H groups in total. The number of carbonyl (C=O) groups is 1. The van der Waals surface area contributed by atoms with Crippen LogP contribution < -0.4 is 20.9 Å². The van der Waals surface area contributed by atoms with E-state index in [1.165, 1.54) is 30.1 Å². The summed E-state index contributed by atoms with van der Waals surface area (Å²) in [7, 11) is 4.83. The second-order valence-corrected chi connectivity index (χ2v) is 8.86. The second kappa shape index (κ2) is 11.7. The Labute approximate surface area is 219 Å². The maximum Gasteiger partial charge on any atom is 0.337 e. The van der Waals surface area contributed by atoms with Crippen LogP contribution in [-0.2, 0) is 20.6 Å². The van der Waals surface area contributed by atoms with Crippen LogP contribution in [0.4, 0.5) is 5.69 Å². The lowest BCUT2D eigenvalue weighted by Gasteiger charge is -2.36. The van der Waals surface area contributed by atoms with E-state index in [4.69, 9.17) is 9.84 Å². The number of anilines is 1. The van der Waals surface area contributed by atoms with Gasteiger partial charge in [-0.05, 0) is 24.3 Å². The van der Waals surface area contributed by atoms with Gasteiger partial charge in [0.05, 0.1) is 24.7 Å². The molecule has 0 saturated carbocycles. The molecule has 12 heteroatoms. The molecule has 0 aliphatic carbocycles. The van der Waals surface area contributed by atoms with Crippen molar-refractivity contribution in [2.75, 3.05) is 44.7 Å². The number of pyridine rings is 1. The van der Waals surface area contributed by atoms with E-state index in [-0.39, 0.29) is 16.8 Å². The molecule has 0 radical (unpaired) electrons. The Morgan fingerprint density at radius 2 is 1.74 bits per heavy atom. The van der Waals surface area contributed by atoms with Gasteiger partial charge in [0.25, 0.3) is 5.56 Å². The van der Waals surface area contributed by atoms with Gasteiger partial charge in [-0.1, -0.05) is 12.1 Å². The number of aromatic nitrogens is 5. The zero-order chi connectivity index (χ0) is 27.2. The van der Waals surface area contributed by atoms with Crippen LogP contribution in [0.15, 0.2) is 64.7 Å². The van der Waals surface area contributed by atoms with Gasteiger partial charge in [0.1, 0.15) is 5.75 Å². The van der Waals surface area contributed by atoms with Gasteiger partial charge in [-0.25, -0.2) is 14.6 Å². The number of benzene rings is 1. The molecule has 0 atom stereocenters. The second-order valence-electron chi connectivity index (χ2n) is 8.86. The molecule has 1 aromatic carbocycles. The van der Waals surface area contributed by atoms with Gasteiger partial charge in [0, 0.05) is 65.8 Å². The van der Waals surface area contributed by atoms with Crippen LogP contribution in [0.1, 0.15) is 10.4 Å². The van der Waals surface area contributed by atoms with E-state index in [2.05, 4.69) is 25.8 Å². The monoisotopic (exact) mass is 521 g/mol. The van der Waals surface area contributed by atoms with Crippen LogP contribution in [0.5, 0.6) is 5.75 Å². The molecule has 0 amide bonds. The van der Waals surface area contributed by atoms with Gasteiger partial charge >= 0.3 is 11.7 Å². The third-order valence-corrected chi connectivity index (χ3v) is 6.58. The molecule has 200 valence electrons. The van der Waals surface area contributed by atoms with Crippen molar-refractivity contribution in [1.82, 2.24) is 28.6 Å². The highest BCUT2D eigenvalue weighted by Crippen LogP contribution is 2.28. The first-order valence-corrected chi connectivity index (χ1v) is 12.2. The number of carboxylic acid groups (broad SMARTS) is 1. The molecule has 38 heavy (non-hydrogen) atoms. The molecule has 1 saturated heterocycles. The van der Waals surface area contributed by atoms with Crippen molar-refractivity contribution in [1.29, 1.82) is 0 Å². The molecule has 1 fully saturated rings. The van der Waals surface area contributed by atoms with Gasteiger partial charge < -0.3 is 19.3 Å². The molecule has 5 rings (SSSR count). The number of aryl methyl sites for hydroxylation is 1. The lowest BCUT2D eigenvalue weighted by atomic mass is 10.2. The molecule has 4 aromatic rings. The topological polar surface area (TPSA) is 128 Å². The van der Waals surface area contributed by atoms with Crippen LogP contribution >= 0.6 is 0 Å². The van der Waals surface area contributed by atoms with Crippen molar-refractivity contribution in [2.24, 2.45) is 14.1 Å². The Morgan fingerprint density at radius 1 is 1.00 bits per heavy atom. The van der Waals surface area contributed by atoms with Crippen molar-refractivity contribution in [3.05, 3.63) is 81.5 Å². The van der Waals surface area contributed by atoms with E-state index in [9.17, 15) is 14.4 Å². The minimum atomic E-state index is -0.942. The summed E-state index contributed by atoms with van der Waals surface area (Å²) in [5, 5.41) is 8.34. The van der Waals surface area contributed by atoms with Crippen molar-refractivity contribution >= 4 is 22.8 Å². The quantitative estimate of drug-likeness (QED) is 0.396. The Balaban J connectivity index is 0.000000317. The zero-order valence-electron chi connectivity index (χ0n) is 21.6. The summed E-state index contributed by atoms with van der Waals surface area (Å²) < 4.78 is 9.88. The smallest absolute Gasteiger partial charge is 0.337 e. The lowest BCUT2D eigenvalue weighted by Crippen LogP contribution is -2.47. The number of hydrogen-bond donors (Lipinski definition) is 1. The minimum Gasteiger partial charge on any atom is -0.495 e. The first-order chi connectivity index (χ1) is 18.3. The van der Waals surface area contributed by atoms with Gasteiger partial charge in [-0.2, -0.15) is 0 Å². The zero-order valence-corrected chi connectivity index (χ0v) is 21.6. The minimum absolute atomic E-state index is 0.220. The summed E-state index contributed by atoms with van der Waals surface area (Å²) in [6.45, 7) is 5.17. The van der Waals surface area contributed by atoms with Gasteiger partial charge in [-0.15, -0.1) is 0 Å². The number of rotatable bonds is 6. The number of imidazole rings is 1. The van der Waals surface area contributed by atoms with E-state index in [0.717, 1.165) is 48.7 Å². The first kappa shape index (κ1) is 26.6. The Morgan fingerprint density at radius 3 is 2.37 bits per heavy atom. The van der Waals surface area contributed by atoms with Crippen molar-refractivity contribution in [3.8, 4) is 5.75 Å². The van der Waals surface area contributed by atoms with E-state index < -0.39 is 5.97 Å². The molecule has 0 spiro atoms. The fourth-order valence-electron chi connectivity index (χ4n) is 4.41. The fourth-order valence-corrected chi connectivity index (χ4v) is 4.41.